The van der Waals surface area contributed by atoms with Gasteiger partial charge in [-0.05, 0) is 83.6 Å². The Kier molecular flexibility index (Phi) is 9.50. The highest BCUT2D eigenvalue weighted by atomic mass is 16.2. The summed E-state index contributed by atoms with van der Waals surface area (Å²) in [6.07, 6.45) is 1.40. The summed E-state index contributed by atoms with van der Waals surface area (Å²) >= 11 is 0. The molecule has 16 rings (SSSR count). The Labute approximate surface area is 291 Å². The van der Waals surface area contributed by atoms with Gasteiger partial charge in [-0.3, -0.25) is 0 Å². The van der Waals surface area contributed by atoms with Gasteiger partial charge >= 0.3 is 24.1 Å². The van der Waals surface area contributed by atoms with Crippen molar-refractivity contribution in [1.29, 1.82) is 0 Å². The summed E-state index contributed by atoms with van der Waals surface area (Å²) in [6.45, 7) is 3.49. The fourth-order valence-electron chi connectivity index (χ4n) is 6.33. The number of piperazine rings is 2. The van der Waals surface area contributed by atoms with Gasteiger partial charge < -0.3 is 40.9 Å². The highest BCUT2D eigenvalue weighted by Gasteiger charge is 2.26. The van der Waals surface area contributed by atoms with Crippen LogP contribution >= 0.6 is 0 Å². The predicted molar refractivity (Wildman–Crippen MR) is 194 cm³/mol. The van der Waals surface area contributed by atoms with Gasteiger partial charge in [0.05, 0.1) is 0 Å². The largest absolute Gasteiger partial charge is 0.321 e. The van der Waals surface area contributed by atoms with Crippen molar-refractivity contribution in [3.05, 3.63) is 119 Å². The van der Waals surface area contributed by atoms with Crippen LogP contribution in [0.1, 0.15) is 22.3 Å². The number of amides is 8. The Bertz CT molecular complexity index is 1560. The summed E-state index contributed by atoms with van der Waals surface area (Å²) in [5.41, 5.74) is 7.17. The topological polar surface area (TPSA) is 129 Å². The van der Waals surface area contributed by atoms with Crippen LogP contribution < -0.4 is 21.3 Å². The third kappa shape index (κ3) is 7.97. The minimum atomic E-state index is -0.190. The minimum absolute atomic E-state index is 0.190. The molecule has 0 unspecified atom stereocenters. The number of hydrogen-bond acceptors (Lipinski definition) is 4. The molecule has 4 aromatic rings. The van der Waals surface area contributed by atoms with Gasteiger partial charge in [-0.2, -0.15) is 0 Å². The Balaban J connectivity index is 1.03. The molecule has 0 radical (unpaired) electrons. The number of hydrogen-bond donors (Lipinski definition) is 4. The third-order valence-electron chi connectivity index (χ3n) is 9.35. The van der Waals surface area contributed by atoms with Gasteiger partial charge in [-0.25, -0.2) is 19.2 Å². The zero-order valence-electron chi connectivity index (χ0n) is 27.7. The standard InChI is InChI=1S/C38H40N8O4/c47-35-39-31-9-1-27(2-10-31)25-28-3-11-32(12-4-28)40-36(48)45-21-23-46(24-22-45)38(50)42-34-15-7-30(8-16-34)26-29-5-13-33(14-6-29)41-37(49)44-19-17-43(35)18-20-44/h1-16H,17-26H2,(H,39,47)(H,40,48)(H,41,49)(H,42,50). The van der Waals surface area contributed by atoms with Gasteiger partial charge in [0.15, 0.2) is 0 Å². The van der Waals surface area contributed by atoms with Crippen LogP contribution in [0, 0.1) is 0 Å². The first-order valence-electron chi connectivity index (χ1n) is 16.9. The number of nitrogens with zero attached hydrogens (tertiary/aromatic N) is 4. The number of urea groups is 4. The Morgan fingerprint density at radius 2 is 0.480 bits per heavy atom. The Hall–Kier alpha value is -6.04. The van der Waals surface area contributed by atoms with E-state index in [0.29, 0.717) is 87.9 Å². The predicted octanol–water partition coefficient (Wildman–Crippen LogP) is 5.94. The van der Waals surface area contributed by atoms with Gasteiger partial charge in [-0.1, -0.05) is 48.5 Å². The van der Waals surface area contributed by atoms with Gasteiger partial charge in [0.25, 0.3) is 0 Å². The molecule has 0 aliphatic carbocycles. The van der Waals surface area contributed by atoms with E-state index in [9.17, 15) is 19.2 Å². The molecule has 4 N–H and O–H groups in total. The summed E-state index contributed by atoms with van der Waals surface area (Å²) < 4.78 is 0. The maximum absolute atomic E-state index is 13.0. The highest BCUT2D eigenvalue weighted by Crippen LogP contribution is 2.20. The maximum Gasteiger partial charge on any atom is 0.321 e. The lowest BCUT2D eigenvalue weighted by Gasteiger charge is -2.34. The number of nitrogens with one attached hydrogen (secondary N) is 4. The van der Waals surface area contributed by atoms with E-state index in [-0.39, 0.29) is 24.1 Å². The van der Waals surface area contributed by atoms with Crippen LogP contribution in [-0.2, 0) is 12.8 Å². The van der Waals surface area contributed by atoms with Crippen LogP contribution in [0.2, 0.25) is 0 Å². The first kappa shape index (κ1) is 32.5. The van der Waals surface area contributed by atoms with Crippen molar-refractivity contribution >= 4 is 46.9 Å². The minimum Gasteiger partial charge on any atom is -0.321 e. The molecular weight excluding hydrogens is 632 g/mol. The molecule has 12 heterocycles. The number of rotatable bonds is 0. The molecular formula is C38H40N8O4. The summed E-state index contributed by atoms with van der Waals surface area (Å²) in [5.74, 6) is 0. The monoisotopic (exact) mass is 672 g/mol. The van der Waals surface area contributed by atoms with Crippen molar-refractivity contribution in [3.63, 3.8) is 0 Å². The maximum atomic E-state index is 13.0. The molecule has 2 fully saturated rings. The highest BCUT2D eigenvalue weighted by molar-refractivity contribution is 5.92. The number of carbonyl (C=O) groups excluding carboxylic acids is 4. The number of carbonyl (C=O) groups is 4. The zero-order valence-corrected chi connectivity index (χ0v) is 27.7. The lowest BCUT2D eigenvalue weighted by molar-refractivity contribution is 0.156. The molecule has 0 aromatic heterocycles. The second-order valence-corrected chi connectivity index (χ2v) is 12.8. The van der Waals surface area contributed by atoms with Gasteiger partial charge in [0, 0.05) is 75.1 Å². The van der Waals surface area contributed by atoms with Crippen molar-refractivity contribution in [1.82, 2.24) is 19.6 Å². The van der Waals surface area contributed by atoms with Gasteiger partial charge in [0.2, 0.25) is 0 Å². The van der Waals surface area contributed by atoms with Crippen LogP contribution in [0.25, 0.3) is 0 Å². The van der Waals surface area contributed by atoms with E-state index in [1.54, 1.807) is 19.6 Å². The number of benzene rings is 4. The van der Waals surface area contributed by atoms with E-state index in [1.165, 1.54) is 0 Å². The second-order valence-electron chi connectivity index (χ2n) is 12.8. The van der Waals surface area contributed by atoms with Crippen molar-refractivity contribution in [3.8, 4) is 0 Å². The average Bonchev–Trinajstić information content (AvgIpc) is 3.14. The van der Waals surface area contributed by atoms with E-state index < -0.39 is 0 Å². The smallest absolute Gasteiger partial charge is 0.321 e. The summed E-state index contributed by atoms with van der Waals surface area (Å²) in [5, 5.41) is 11.9. The first-order valence-corrected chi connectivity index (χ1v) is 16.9. The van der Waals surface area contributed by atoms with Crippen LogP contribution in [0.4, 0.5) is 41.9 Å². The Morgan fingerprint density at radius 3 is 0.660 bits per heavy atom. The lowest BCUT2D eigenvalue weighted by atomic mass is 10.0. The molecule has 4 aromatic carbocycles. The van der Waals surface area contributed by atoms with E-state index in [2.05, 4.69) is 21.3 Å². The van der Waals surface area contributed by atoms with E-state index in [4.69, 9.17) is 0 Å². The molecule has 256 valence electrons. The summed E-state index contributed by atoms with van der Waals surface area (Å²) in [7, 11) is 0. The first-order chi connectivity index (χ1) is 24.3. The van der Waals surface area contributed by atoms with Gasteiger partial charge in [-0.15, -0.1) is 0 Å². The summed E-state index contributed by atoms with van der Waals surface area (Å²) in [6, 6.07) is 30.3. The quantitative estimate of drug-likeness (QED) is 0.184. The normalized spacial score (nSPS) is 17.4. The van der Waals surface area contributed by atoms with Crippen LogP contribution in [-0.4, -0.2) is 96.1 Å². The van der Waals surface area contributed by atoms with Crippen molar-refractivity contribution < 1.29 is 19.2 Å². The Morgan fingerprint density at radius 1 is 0.300 bits per heavy atom. The molecule has 50 heavy (non-hydrogen) atoms. The van der Waals surface area contributed by atoms with Crippen LogP contribution in [0.3, 0.4) is 0 Å². The van der Waals surface area contributed by atoms with Gasteiger partial charge in [0.1, 0.15) is 0 Å². The molecule has 8 amide bonds. The molecule has 12 aliphatic rings. The fourth-order valence-corrected chi connectivity index (χ4v) is 6.33. The average molecular weight is 673 g/mol. The number of anilines is 4. The summed E-state index contributed by atoms with van der Waals surface area (Å²) in [4.78, 5) is 58.8. The van der Waals surface area contributed by atoms with Crippen LogP contribution in [0.15, 0.2) is 97.1 Å². The lowest BCUT2D eigenvalue weighted by Crippen LogP contribution is -2.52. The third-order valence-corrected chi connectivity index (χ3v) is 9.35. The van der Waals surface area contributed by atoms with Crippen molar-refractivity contribution in [2.45, 2.75) is 12.8 Å². The molecule has 12 aliphatic heterocycles. The molecule has 12 heteroatoms. The molecule has 12 nitrogen and oxygen atoms in total. The van der Waals surface area contributed by atoms with Crippen molar-refractivity contribution in [2.24, 2.45) is 0 Å². The fraction of sp³-hybridized carbons (Fsp3) is 0.263. The molecule has 12 bridgehead atoms. The second kappa shape index (κ2) is 14.6. The van der Waals surface area contributed by atoms with E-state index in [1.807, 2.05) is 97.1 Å². The molecule has 0 saturated carbocycles. The zero-order chi connectivity index (χ0) is 34.5. The molecule has 2 saturated heterocycles. The van der Waals surface area contributed by atoms with E-state index >= 15 is 0 Å². The van der Waals surface area contributed by atoms with E-state index in [0.717, 1.165) is 22.3 Å². The van der Waals surface area contributed by atoms with Crippen molar-refractivity contribution in [2.75, 3.05) is 73.6 Å². The SMILES string of the molecule is O=C1Nc2ccc(cc2)Cc2ccc(cc2)NC(=O)N2CCN(CC2)C(=O)Nc2ccc(cc2)Cc2ccc(cc2)NC(=O)N2CCN1CC2. The van der Waals surface area contributed by atoms with Crippen LogP contribution in [0.5, 0.6) is 0 Å². The molecule has 0 spiro atoms. The molecule has 0 atom stereocenters.